The second kappa shape index (κ2) is 9.09. The van der Waals surface area contributed by atoms with Crippen LogP contribution in [0.15, 0.2) is 54.6 Å². The van der Waals surface area contributed by atoms with E-state index in [2.05, 4.69) is 0 Å². The molecule has 0 aliphatic carbocycles. The zero-order valence-corrected chi connectivity index (χ0v) is 16.6. The number of carboxylic acid groups (broad SMARTS) is 1. The molecule has 0 bridgehead atoms. The van der Waals surface area contributed by atoms with Gasteiger partial charge in [0.15, 0.2) is 0 Å². The predicted octanol–water partition coefficient (Wildman–Crippen LogP) is 3.00. The Balaban J connectivity index is 1.78. The molecule has 1 heterocycles. The van der Waals surface area contributed by atoms with Crippen molar-refractivity contribution in [1.82, 2.24) is 4.90 Å². The van der Waals surface area contributed by atoms with Crippen LogP contribution < -0.4 is 4.74 Å². The molecule has 154 valence electrons. The third-order valence-electron chi connectivity index (χ3n) is 5.51. The first-order valence-electron chi connectivity index (χ1n) is 9.94. The molecular formula is C23H27NO5. The van der Waals surface area contributed by atoms with Gasteiger partial charge in [-0.1, -0.05) is 49.4 Å². The van der Waals surface area contributed by atoms with Crippen LogP contribution in [0.3, 0.4) is 0 Å². The predicted molar refractivity (Wildman–Crippen MR) is 109 cm³/mol. The Hall–Kier alpha value is -2.86. The summed E-state index contributed by atoms with van der Waals surface area (Å²) in [7, 11) is 0. The molecule has 1 amide bonds. The van der Waals surface area contributed by atoms with Crippen LogP contribution in [-0.2, 0) is 11.2 Å². The van der Waals surface area contributed by atoms with Crippen LogP contribution in [0, 0.1) is 5.41 Å². The van der Waals surface area contributed by atoms with Crippen LogP contribution >= 0.6 is 0 Å². The van der Waals surface area contributed by atoms with Crippen LogP contribution in [0.2, 0.25) is 0 Å². The van der Waals surface area contributed by atoms with Crippen LogP contribution in [-0.4, -0.2) is 52.8 Å². The molecule has 1 fully saturated rings. The number of hydrogen-bond donors (Lipinski definition) is 2. The average molecular weight is 397 g/mol. The number of para-hydroxylation sites is 1. The number of piperidine rings is 1. The molecule has 6 nitrogen and oxygen atoms in total. The Morgan fingerprint density at radius 1 is 1.14 bits per heavy atom. The number of aliphatic carboxylic acids is 1. The SMILES string of the molecule is CCCOc1ccccc1C(=O)N1CC[C@](Cc2ccccc2)(C(=O)O)[C@H](O)C1. The molecule has 0 unspecified atom stereocenters. The van der Waals surface area contributed by atoms with Gasteiger partial charge in [0.1, 0.15) is 11.2 Å². The summed E-state index contributed by atoms with van der Waals surface area (Å²) in [6, 6.07) is 16.3. The number of β-amino-alcohol motifs (C(OH)–C–C–N with tert-alkyl or cyclic N) is 1. The van der Waals surface area contributed by atoms with Gasteiger partial charge in [-0.3, -0.25) is 9.59 Å². The normalized spacial score (nSPS) is 21.6. The topological polar surface area (TPSA) is 87.1 Å². The fourth-order valence-electron chi connectivity index (χ4n) is 3.80. The molecule has 2 aromatic rings. The number of carboxylic acids is 1. The van der Waals surface area contributed by atoms with Gasteiger partial charge in [-0.25, -0.2) is 0 Å². The number of amides is 1. The van der Waals surface area contributed by atoms with Crippen molar-refractivity contribution in [2.45, 2.75) is 32.3 Å². The highest BCUT2D eigenvalue weighted by Crippen LogP contribution is 2.37. The molecule has 1 saturated heterocycles. The van der Waals surface area contributed by atoms with Crippen molar-refractivity contribution in [3.8, 4) is 5.75 Å². The van der Waals surface area contributed by atoms with E-state index >= 15 is 0 Å². The fourth-order valence-corrected chi connectivity index (χ4v) is 3.80. The molecule has 1 aliphatic rings. The lowest BCUT2D eigenvalue weighted by atomic mass is 9.71. The van der Waals surface area contributed by atoms with E-state index in [4.69, 9.17) is 4.74 Å². The van der Waals surface area contributed by atoms with Gasteiger partial charge < -0.3 is 19.8 Å². The Morgan fingerprint density at radius 3 is 2.48 bits per heavy atom. The van der Waals surface area contributed by atoms with Crippen molar-refractivity contribution in [2.24, 2.45) is 5.41 Å². The van der Waals surface area contributed by atoms with E-state index in [1.807, 2.05) is 43.3 Å². The number of benzene rings is 2. The number of ether oxygens (including phenoxy) is 1. The number of carbonyl (C=O) groups excluding carboxylic acids is 1. The van der Waals surface area contributed by atoms with Gasteiger partial charge in [-0.15, -0.1) is 0 Å². The van der Waals surface area contributed by atoms with Crippen molar-refractivity contribution in [2.75, 3.05) is 19.7 Å². The summed E-state index contributed by atoms with van der Waals surface area (Å²) in [6.45, 7) is 2.73. The quantitative estimate of drug-likeness (QED) is 0.750. The van der Waals surface area contributed by atoms with Crippen LogP contribution in [0.25, 0.3) is 0 Å². The first-order chi connectivity index (χ1) is 14.0. The molecule has 0 saturated carbocycles. The minimum Gasteiger partial charge on any atom is -0.493 e. The van der Waals surface area contributed by atoms with Crippen molar-refractivity contribution in [1.29, 1.82) is 0 Å². The van der Waals surface area contributed by atoms with E-state index in [0.717, 1.165) is 12.0 Å². The molecular weight excluding hydrogens is 370 g/mol. The maximum Gasteiger partial charge on any atom is 0.312 e. The number of hydrogen-bond acceptors (Lipinski definition) is 4. The number of likely N-dealkylation sites (tertiary alicyclic amines) is 1. The summed E-state index contributed by atoms with van der Waals surface area (Å²) in [5, 5.41) is 20.7. The second-order valence-corrected chi connectivity index (χ2v) is 7.49. The number of carbonyl (C=O) groups is 2. The summed E-state index contributed by atoms with van der Waals surface area (Å²) >= 11 is 0. The number of rotatable bonds is 7. The molecule has 29 heavy (non-hydrogen) atoms. The van der Waals surface area contributed by atoms with Gasteiger partial charge >= 0.3 is 5.97 Å². The minimum absolute atomic E-state index is 0.0277. The van der Waals surface area contributed by atoms with Gasteiger partial charge in [-0.05, 0) is 37.0 Å². The Labute approximate surface area is 170 Å². The van der Waals surface area contributed by atoms with E-state index in [1.165, 1.54) is 4.90 Å². The van der Waals surface area contributed by atoms with E-state index in [1.54, 1.807) is 18.2 Å². The highest BCUT2D eigenvalue weighted by molar-refractivity contribution is 5.97. The summed E-state index contributed by atoms with van der Waals surface area (Å²) in [6.07, 6.45) is 0.0672. The first kappa shape index (κ1) is 20.9. The Bertz CT molecular complexity index is 853. The van der Waals surface area contributed by atoms with E-state index < -0.39 is 17.5 Å². The van der Waals surface area contributed by atoms with E-state index in [0.29, 0.717) is 17.9 Å². The van der Waals surface area contributed by atoms with Gasteiger partial charge in [0, 0.05) is 13.1 Å². The van der Waals surface area contributed by atoms with Crippen molar-refractivity contribution >= 4 is 11.9 Å². The Morgan fingerprint density at radius 2 is 1.83 bits per heavy atom. The summed E-state index contributed by atoms with van der Waals surface area (Å²) in [5.41, 5.74) is -0.0258. The maximum absolute atomic E-state index is 13.1. The molecule has 0 spiro atoms. The highest BCUT2D eigenvalue weighted by atomic mass is 16.5. The minimum atomic E-state index is -1.31. The molecule has 2 aromatic carbocycles. The average Bonchev–Trinajstić information content (AvgIpc) is 2.74. The maximum atomic E-state index is 13.1. The van der Waals surface area contributed by atoms with Gasteiger partial charge in [-0.2, -0.15) is 0 Å². The van der Waals surface area contributed by atoms with Crippen molar-refractivity contribution in [3.63, 3.8) is 0 Å². The lowest BCUT2D eigenvalue weighted by Crippen LogP contribution is -2.57. The number of aliphatic hydroxyl groups is 1. The zero-order valence-electron chi connectivity index (χ0n) is 16.6. The molecule has 3 rings (SSSR count). The number of aliphatic hydroxyl groups excluding tert-OH is 1. The molecule has 2 atom stereocenters. The monoisotopic (exact) mass is 397 g/mol. The third kappa shape index (κ3) is 4.43. The standard InChI is InChI=1S/C23H27NO5/c1-2-14-29-19-11-7-6-10-18(19)21(26)24-13-12-23(22(27)28,20(25)16-24)15-17-8-4-3-5-9-17/h3-11,20,25H,2,12-16H2,1H3,(H,27,28)/t20-,23-/m1/s1. The lowest BCUT2D eigenvalue weighted by molar-refractivity contribution is -0.161. The van der Waals surface area contributed by atoms with Crippen molar-refractivity contribution in [3.05, 3.63) is 65.7 Å². The van der Waals surface area contributed by atoms with E-state index in [9.17, 15) is 19.8 Å². The highest BCUT2D eigenvalue weighted by Gasteiger charge is 2.49. The van der Waals surface area contributed by atoms with Gasteiger partial charge in [0.05, 0.1) is 18.3 Å². The van der Waals surface area contributed by atoms with Crippen molar-refractivity contribution < 1.29 is 24.5 Å². The van der Waals surface area contributed by atoms with Crippen LogP contribution in [0.4, 0.5) is 0 Å². The van der Waals surface area contributed by atoms with Gasteiger partial charge in [0.25, 0.3) is 5.91 Å². The molecule has 6 heteroatoms. The largest absolute Gasteiger partial charge is 0.493 e. The summed E-state index contributed by atoms with van der Waals surface area (Å²) < 4.78 is 5.68. The first-order valence-corrected chi connectivity index (χ1v) is 9.94. The second-order valence-electron chi connectivity index (χ2n) is 7.49. The van der Waals surface area contributed by atoms with Gasteiger partial charge in [0.2, 0.25) is 0 Å². The smallest absolute Gasteiger partial charge is 0.312 e. The number of nitrogens with zero attached hydrogens (tertiary/aromatic N) is 1. The van der Waals surface area contributed by atoms with E-state index in [-0.39, 0.29) is 31.8 Å². The summed E-state index contributed by atoms with van der Waals surface area (Å²) in [5.74, 6) is -0.782. The van der Waals surface area contributed by atoms with Crippen LogP contribution in [0.5, 0.6) is 5.75 Å². The fraction of sp³-hybridized carbons (Fsp3) is 0.391. The molecule has 0 radical (unpaired) electrons. The molecule has 2 N–H and O–H groups in total. The Kier molecular flexibility index (Phi) is 6.54. The lowest BCUT2D eigenvalue weighted by Gasteiger charge is -2.43. The third-order valence-corrected chi connectivity index (χ3v) is 5.51. The molecule has 0 aromatic heterocycles. The van der Waals surface area contributed by atoms with Crippen LogP contribution in [0.1, 0.15) is 35.7 Å². The summed E-state index contributed by atoms with van der Waals surface area (Å²) in [4.78, 5) is 26.7. The zero-order chi connectivity index (χ0) is 20.9. The molecule has 1 aliphatic heterocycles.